The third-order valence-corrected chi connectivity index (χ3v) is 6.28. The maximum absolute atomic E-state index is 12.8. The molecule has 0 radical (unpaired) electrons. The molecule has 6 nitrogen and oxygen atoms in total. The Hall–Kier alpha value is -2.52. The zero-order valence-corrected chi connectivity index (χ0v) is 19.4. The minimum absolute atomic E-state index is 0.0790. The fraction of sp³-hybridized carbons (Fsp3) is 0.391. The molecule has 5 rings (SSSR count). The van der Waals surface area contributed by atoms with Crippen LogP contribution in [0.1, 0.15) is 35.7 Å². The van der Waals surface area contributed by atoms with Crippen LogP contribution in [0.15, 0.2) is 34.8 Å². The third kappa shape index (κ3) is 5.45. The molecular weight excluding hydrogens is 486 g/mol. The van der Waals surface area contributed by atoms with E-state index in [0.29, 0.717) is 47.8 Å². The van der Waals surface area contributed by atoms with Crippen LogP contribution in [0.2, 0.25) is 0 Å². The molecule has 3 aliphatic rings. The van der Waals surface area contributed by atoms with Gasteiger partial charge in [-0.05, 0) is 77.0 Å². The summed E-state index contributed by atoms with van der Waals surface area (Å²) in [4.78, 5) is 22.3. The zero-order valence-electron chi connectivity index (χ0n) is 17.8. The van der Waals surface area contributed by atoms with Crippen LogP contribution in [0.4, 0.5) is 20.2 Å². The van der Waals surface area contributed by atoms with Gasteiger partial charge in [-0.3, -0.25) is 4.79 Å². The standard InChI is InChI=1S/C15H18N2O4.C8H7BrF2/c1-20-14(19)11-2-3-12(17-9-18)13(4-11)16-8-15-5-10(6-15)7-21-15;1-2-5-3-8(11)6(9)4-7(5)10/h2-4,9-10,16H,5-8H2,1H3,(H,17,18);3-4H,2H2,1H3. The van der Waals surface area contributed by atoms with Crippen molar-refractivity contribution < 1.29 is 27.8 Å². The van der Waals surface area contributed by atoms with E-state index >= 15 is 0 Å². The SMILES string of the molecule is CCc1cc(F)c(Br)cc1F.COC(=O)c1ccc(NC=O)c(NCC23CC(CO2)C3)c1. The van der Waals surface area contributed by atoms with Gasteiger partial charge in [0.1, 0.15) is 11.6 Å². The van der Waals surface area contributed by atoms with Crippen LogP contribution in [0, 0.1) is 17.6 Å². The molecule has 3 fully saturated rings. The average molecular weight is 511 g/mol. The highest BCUT2D eigenvalue weighted by Gasteiger charge is 2.51. The van der Waals surface area contributed by atoms with Crippen molar-refractivity contribution >= 4 is 39.7 Å². The lowest BCUT2D eigenvalue weighted by atomic mass is 9.74. The molecule has 0 aromatic heterocycles. The van der Waals surface area contributed by atoms with E-state index in [1.807, 2.05) is 0 Å². The minimum atomic E-state index is -0.414. The second-order valence-electron chi connectivity index (χ2n) is 7.85. The van der Waals surface area contributed by atoms with Gasteiger partial charge in [0.25, 0.3) is 0 Å². The predicted octanol–water partition coefficient (Wildman–Crippen LogP) is 4.92. The first-order valence-corrected chi connectivity index (χ1v) is 11.0. The molecule has 1 saturated carbocycles. The highest BCUT2D eigenvalue weighted by atomic mass is 79.9. The molecule has 2 N–H and O–H groups in total. The van der Waals surface area contributed by atoms with Crippen molar-refractivity contribution in [1.29, 1.82) is 0 Å². The maximum atomic E-state index is 12.8. The summed E-state index contributed by atoms with van der Waals surface area (Å²) in [6.45, 7) is 3.29. The largest absolute Gasteiger partial charge is 0.465 e. The van der Waals surface area contributed by atoms with E-state index in [4.69, 9.17) is 9.47 Å². The number of carbonyl (C=O) groups is 2. The Morgan fingerprint density at radius 3 is 2.59 bits per heavy atom. The van der Waals surface area contributed by atoms with Gasteiger partial charge in [-0.2, -0.15) is 0 Å². The summed E-state index contributed by atoms with van der Waals surface area (Å²) in [6.07, 6.45) is 3.28. The van der Waals surface area contributed by atoms with Gasteiger partial charge in [0.05, 0.1) is 40.7 Å². The number of halogens is 3. The molecule has 172 valence electrons. The fourth-order valence-electron chi connectivity index (χ4n) is 3.93. The molecule has 0 spiro atoms. The highest BCUT2D eigenvalue weighted by molar-refractivity contribution is 9.10. The van der Waals surface area contributed by atoms with Crippen molar-refractivity contribution in [3.8, 4) is 0 Å². The number of hydrogen-bond donors (Lipinski definition) is 2. The van der Waals surface area contributed by atoms with E-state index in [-0.39, 0.29) is 15.9 Å². The van der Waals surface area contributed by atoms with Gasteiger partial charge >= 0.3 is 5.97 Å². The Morgan fingerprint density at radius 1 is 1.25 bits per heavy atom. The number of fused-ring (bicyclic) bond motifs is 1. The van der Waals surface area contributed by atoms with E-state index in [2.05, 4.69) is 26.6 Å². The lowest BCUT2D eigenvalue weighted by Gasteiger charge is -2.36. The molecule has 0 atom stereocenters. The van der Waals surface area contributed by atoms with Crippen molar-refractivity contribution in [3.05, 3.63) is 57.6 Å². The highest BCUT2D eigenvalue weighted by Crippen LogP contribution is 2.48. The molecule has 2 aromatic carbocycles. The van der Waals surface area contributed by atoms with Gasteiger partial charge in [-0.15, -0.1) is 0 Å². The van der Waals surface area contributed by atoms with Gasteiger partial charge in [-0.1, -0.05) is 6.92 Å². The second-order valence-corrected chi connectivity index (χ2v) is 8.70. The molecular formula is C23H25BrF2N2O4. The number of aryl methyl sites for hydroxylation is 1. The van der Waals surface area contributed by atoms with Crippen molar-refractivity contribution in [3.63, 3.8) is 0 Å². The summed E-state index contributed by atoms with van der Waals surface area (Å²) in [7, 11) is 1.34. The number of anilines is 2. The van der Waals surface area contributed by atoms with Gasteiger partial charge in [0.2, 0.25) is 6.41 Å². The number of hydrogen-bond acceptors (Lipinski definition) is 5. The van der Waals surface area contributed by atoms with Crippen LogP contribution >= 0.6 is 15.9 Å². The normalized spacial score (nSPS) is 20.5. The predicted molar refractivity (Wildman–Crippen MR) is 121 cm³/mol. The molecule has 32 heavy (non-hydrogen) atoms. The number of nitrogens with one attached hydrogen (secondary N) is 2. The molecule has 2 aromatic rings. The fourth-order valence-corrected chi connectivity index (χ4v) is 4.25. The number of esters is 1. The van der Waals surface area contributed by atoms with Gasteiger partial charge in [0, 0.05) is 6.54 Å². The van der Waals surface area contributed by atoms with E-state index in [1.54, 1.807) is 25.1 Å². The van der Waals surface area contributed by atoms with Crippen molar-refractivity contribution in [2.45, 2.75) is 31.8 Å². The summed E-state index contributed by atoms with van der Waals surface area (Å²) < 4.78 is 36.2. The Labute approximate surface area is 193 Å². The van der Waals surface area contributed by atoms with Gasteiger partial charge in [-0.25, -0.2) is 13.6 Å². The topological polar surface area (TPSA) is 76.7 Å². The summed E-state index contributed by atoms with van der Waals surface area (Å²) in [5.74, 6) is -0.487. The van der Waals surface area contributed by atoms with E-state index in [1.165, 1.54) is 13.2 Å². The third-order valence-electron chi connectivity index (χ3n) is 5.67. The van der Waals surface area contributed by atoms with Crippen molar-refractivity contribution in [1.82, 2.24) is 0 Å². The lowest BCUT2D eigenvalue weighted by Crippen LogP contribution is -2.43. The quantitative estimate of drug-likeness (QED) is 0.314. The van der Waals surface area contributed by atoms with Crippen LogP contribution in [0.5, 0.6) is 0 Å². The van der Waals surface area contributed by atoms with Gasteiger partial charge in [0.15, 0.2) is 0 Å². The van der Waals surface area contributed by atoms with E-state index in [9.17, 15) is 18.4 Å². The molecule has 9 heteroatoms. The Morgan fingerprint density at radius 2 is 2.00 bits per heavy atom. The minimum Gasteiger partial charge on any atom is -0.465 e. The average Bonchev–Trinajstić information content (AvgIpc) is 3.37. The number of carbonyl (C=O) groups excluding carboxylic acids is 2. The number of rotatable bonds is 7. The summed E-state index contributed by atoms with van der Waals surface area (Å²) >= 11 is 2.89. The monoisotopic (exact) mass is 510 g/mol. The zero-order chi connectivity index (χ0) is 23.3. The molecule has 0 unspecified atom stereocenters. The van der Waals surface area contributed by atoms with Crippen LogP contribution < -0.4 is 10.6 Å². The van der Waals surface area contributed by atoms with Crippen LogP contribution in [0.25, 0.3) is 0 Å². The molecule has 2 heterocycles. The number of methoxy groups -OCH3 is 1. The molecule has 2 bridgehead atoms. The first-order chi connectivity index (χ1) is 15.3. The first-order valence-electron chi connectivity index (χ1n) is 10.2. The summed E-state index contributed by atoms with van der Waals surface area (Å²) in [5, 5.41) is 5.91. The van der Waals surface area contributed by atoms with Crippen molar-refractivity contribution in [2.75, 3.05) is 30.9 Å². The maximum Gasteiger partial charge on any atom is 0.337 e. The Bertz CT molecular complexity index is 991. The number of amides is 1. The Kier molecular flexibility index (Phi) is 7.84. The van der Waals surface area contributed by atoms with Gasteiger partial charge < -0.3 is 20.1 Å². The van der Waals surface area contributed by atoms with E-state index in [0.717, 1.165) is 25.5 Å². The van der Waals surface area contributed by atoms with E-state index < -0.39 is 11.8 Å². The summed E-state index contributed by atoms with van der Waals surface area (Å²) in [5.41, 5.74) is 2.09. The Balaban J connectivity index is 0.000000222. The first kappa shape index (κ1) is 24.1. The second kappa shape index (κ2) is 10.4. The molecule has 1 aliphatic carbocycles. The lowest BCUT2D eigenvalue weighted by molar-refractivity contribution is -0.105. The molecule has 2 saturated heterocycles. The van der Waals surface area contributed by atoms with Crippen LogP contribution in [0.3, 0.4) is 0 Å². The van der Waals surface area contributed by atoms with Crippen LogP contribution in [-0.4, -0.2) is 38.2 Å². The number of ether oxygens (including phenoxy) is 2. The summed E-state index contributed by atoms with van der Waals surface area (Å²) in [6, 6.07) is 7.33. The smallest absolute Gasteiger partial charge is 0.337 e. The molecule has 1 amide bonds. The van der Waals surface area contributed by atoms with Crippen molar-refractivity contribution in [2.24, 2.45) is 5.92 Å². The number of benzene rings is 2. The van der Waals surface area contributed by atoms with Crippen LogP contribution in [-0.2, 0) is 20.7 Å². The molecule has 2 aliphatic heterocycles.